The summed E-state index contributed by atoms with van der Waals surface area (Å²) in [5.41, 5.74) is 0.697. The summed E-state index contributed by atoms with van der Waals surface area (Å²) >= 11 is 5.15. The summed E-state index contributed by atoms with van der Waals surface area (Å²) in [6.07, 6.45) is 1.63. The number of nitrogens with one attached hydrogen (secondary N) is 2. The molecule has 2 N–H and O–H groups in total. The molecule has 7 heteroatoms. The van der Waals surface area contributed by atoms with Crippen LogP contribution < -0.4 is 0 Å². The molecule has 2 aromatic rings. The van der Waals surface area contributed by atoms with E-state index in [1.54, 1.807) is 6.20 Å². The van der Waals surface area contributed by atoms with Gasteiger partial charge in [0.1, 0.15) is 5.69 Å². The largest absolute Gasteiger partial charge is 0.298 e. The van der Waals surface area contributed by atoms with Crippen molar-refractivity contribution in [3.8, 4) is 11.5 Å². The second-order valence-corrected chi connectivity index (χ2v) is 4.10. The zero-order valence-electron chi connectivity index (χ0n) is 8.56. The number of rotatable bonds is 3. The summed E-state index contributed by atoms with van der Waals surface area (Å²) in [4.78, 5) is 0. The lowest BCUT2D eigenvalue weighted by atomic mass is 10.2. The van der Waals surface area contributed by atoms with Gasteiger partial charge in [-0.25, -0.2) is 0 Å². The van der Waals surface area contributed by atoms with E-state index in [1.807, 2.05) is 4.57 Å². The third-order valence-electron chi connectivity index (χ3n) is 1.95. The van der Waals surface area contributed by atoms with Crippen molar-refractivity contribution in [2.24, 2.45) is 5.92 Å². The molecular weight excluding hydrogens is 212 g/mol. The smallest absolute Gasteiger partial charge is 0.195 e. The first-order valence-electron chi connectivity index (χ1n) is 4.70. The Labute approximate surface area is 91.7 Å². The van der Waals surface area contributed by atoms with Crippen LogP contribution in [0, 0.1) is 10.7 Å². The number of nitrogens with zero attached hydrogens (tertiary/aromatic N) is 4. The summed E-state index contributed by atoms with van der Waals surface area (Å²) < 4.78 is 2.54. The number of aromatic nitrogens is 6. The van der Waals surface area contributed by atoms with Crippen LogP contribution in [0.4, 0.5) is 0 Å². The topological polar surface area (TPSA) is 75.2 Å². The van der Waals surface area contributed by atoms with Crippen molar-refractivity contribution in [2.75, 3.05) is 0 Å². The van der Waals surface area contributed by atoms with E-state index in [0.717, 1.165) is 12.4 Å². The minimum absolute atomic E-state index is 0.500. The van der Waals surface area contributed by atoms with Gasteiger partial charge < -0.3 is 0 Å². The SMILES string of the molecule is CC(C)Cn1c(-c2cn[nH]n2)n[nH]c1=S. The van der Waals surface area contributed by atoms with Gasteiger partial charge in [-0.05, 0) is 18.1 Å². The number of H-pyrrole nitrogens is 2. The fourth-order valence-electron chi connectivity index (χ4n) is 1.36. The lowest BCUT2D eigenvalue weighted by molar-refractivity contribution is 0.521. The van der Waals surface area contributed by atoms with Crippen LogP contribution in [0.15, 0.2) is 6.20 Å². The maximum Gasteiger partial charge on any atom is 0.195 e. The van der Waals surface area contributed by atoms with E-state index >= 15 is 0 Å². The molecule has 2 heterocycles. The van der Waals surface area contributed by atoms with Crippen molar-refractivity contribution in [1.82, 2.24) is 30.2 Å². The highest BCUT2D eigenvalue weighted by Gasteiger charge is 2.11. The summed E-state index contributed by atoms with van der Waals surface area (Å²) in [6.45, 7) is 5.07. The standard InChI is InChI=1S/C8H12N6S/c1-5(2)4-14-7(11-12-8(14)15)6-3-9-13-10-6/h3,5H,4H2,1-2H3,(H,12,15)(H,9,10,13). The van der Waals surface area contributed by atoms with E-state index < -0.39 is 0 Å². The zero-order valence-corrected chi connectivity index (χ0v) is 9.38. The minimum atomic E-state index is 0.500. The van der Waals surface area contributed by atoms with Crippen molar-refractivity contribution in [1.29, 1.82) is 0 Å². The minimum Gasteiger partial charge on any atom is -0.298 e. The van der Waals surface area contributed by atoms with Gasteiger partial charge in [-0.2, -0.15) is 20.5 Å². The van der Waals surface area contributed by atoms with Crippen molar-refractivity contribution >= 4 is 12.2 Å². The van der Waals surface area contributed by atoms with Crippen LogP contribution in [0.1, 0.15) is 13.8 Å². The predicted octanol–water partition coefficient (Wildman–Crippen LogP) is 1.38. The first-order valence-corrected chi connectivity index (χ1v) is 5.10. The van der Waals surface area contributed by atoms with Gasteiger partial charge in [0, 0.05) is 6.54 Å². The van der Waals surface area contributed by atoms with Crippen LogP contribution >= 0.6 is 12.2 Å². The monoisotopic (exact) mass is 224 g/mol. The first kappa shape index (κ1) is 10.0. The molecule has 0 fully saturated rings. The average molecular weight is 224 g/mol. The highest BCUT2D eigenvalue weighted by molar-refractivity contribution is 7.71. The van der Waals surface area contributed by atoms with E-state index in [4.69, 9.17) is 12.2 Å². The summed E-state index contributed by atoms with van der Waals surface area (Å²) in [5, 5.41) is 17.2. The van der Waals surface area contributed by atoms with Crippen LogP contribution in [0.2, 0.25) is 0 Å². The van der Waals surface area contributed by atoms with Gasteiger partial charge in [-0.3, -0.25) is 9.67 Å². The third-order valence-corrected chi connectivity index (χ3v) is 2.26. The van der Waals surface area contributed by atoms with Gasteiger partial charge in [0.2, 0.25) is 0 Å². The molecule has 6 nitrogen and oxygen atoms in total. The molecule has 0 aliphatic heterocycles. The highest BCUT2D eigenvalue weighted by atomic mass is 32.1. The summed E-state index contributed by atoms with van der Waals surface area (Å²) in [6, 6.07) is 0. The van der Waals surface area contributed by atoms with E-state index in [0.29, 0.717) is 16.4 Å². The van der Waals surface area contributed by atoms with Crippen molar-refractivity contribution in [3.63, 3.8) is 0 Å². The lowest BCUT2D eigenvalue weighted by Gasteiger charge is -2.07. The predicted molar refractivity (Wildman–Crippen MR) is 57.6 cm³/mol. The molecule has 2 aromatic heterocycles. The van der Waals surface area contributed by atoms with Crippen molar-refractivity contribution in [2.45, 2.75) is 20.4 Å². The van der Waals surface area contributed by atoms with E-state index in [2.05, 4.69) is 39.5 Å². The third kappa shape index (κ3) is 1.96. The second kappa shape index (κ2) is 3.93. The fourth-order valence-corrected chi connectivity index (χ4v) is 1.56. The molecular formula is C8H12N6S. The molecule has 0 saturated carbocycles. The normalized spacial score (nSPS) is 11.1. The van der Waals surface area contributed by atoms with Gasteiger partial charge >= 0.3 is 0 Å². The second-order valence-electron chi connectivity index (χ2n) is 3.71. The molecule has 15 heavy (non-hydrogen) atoms. The maximum absolute atomic E-state index is 5.15. The van der Waals surface area contributed by atoms with Gasteiger partial charge in [0.25, 0.3) is 0 Å². The number of aromatic amines is 2. The maximum atomic E-state index is 5.15. The quantitative estimate of drug-likeness (QED) is 0.772. The van der Waals surface area contributed by atoms with E-state index in [9.17, 15) is 0 Å². The lowest BCUT2D eigenvalue weighted by Crippen LogP contribution is -2.06. The fraction of sp³-hybridized carbons (Fsp3) is 0.500. The molecule has 0 spiro atoms. The molecule has 0 atom stereocenters. The number of hydrogen-bond donors (Lipinski definition) is 2. The molecule has 2 rings (SSSR count). The van der Waals surface area contributed by atoms with Gasteiger partial charge in [-0.15, -0.1) is 0 Å². The van der Waals surface area contributed by atoms with Gasteiger partial charge in [-0.1, -0.05) is 13.8 Å². The molecule has 0 amide bonds. The molecule has 0 bridgehead atoms. The Morgan fingerprint density at radius 1 is 1.47 bits per heavy atom. The van der Waals surface area contributed by atoms with Gasteiger partial charge in [0.15, 0.2) is 10.6 Å². The Bertz CT molecular complexity index is 479. The van der Waals surface area contributed by atoms with Crippen LogP contribution in [-0.2, 0) is 6.54 Å². The zero-order chi connectivity index (χ0) is 10.8. The summed E-state index contributed by atoms with van der Waals surface area (Å²) in [5.74, 6) is 1.22. The molecule has 0 radical (unpaired) electrons. The van der Waals surface area contributed by atoms with E-state index in [1.165, 1.54) is 0 Å². The van der Waals surface area contributed by atoms with Crippen LogP contribution in [-0.4, -0.2) is 30.2 Å². The molecule has 0 saturated heterocycles. The Hall–Kier alpha value is -1.50. The van der Waals surface area contributed by atoms with Gasteiger partial charge in [0.05, 0.1) is 6.20 Å². The van der Waals surface area contributed by atoms with Crippen molar-refractivity contribution < 1.29 is 0 Å². The van der Waals surface area contributed by atoms with Crippen LogP contribution in [0.25, 0.3) is 11.5 Å². The molecule has 80 valence electrons. The number of hydrogen-bond acceptors (Lipinski definition) is 4. The van der Waals surface area contributed by atoms with Crippen LogP contribution in [0.5, 0.6) is 0 Å². The Balaban J connectivity index is 2.45. The van der Waals surface area contributed by atoms with Crippen LogP contribution in [0.3, 0.4) is 0 Å². The Morgan fingerprint density at radius 2 is 2.27 bits per heavy atom. The molecule has 0 unspecified atom stereocenters. The Morgan fingerprint density at radius 3 is 2.87 bits per heavy atom. The van der Waals surface area contributed by atoms with Crippen molar-refractivity contribution in [3.05, 3.63) is 11.0 Å². The Kier molecular flexibility index (Phi) is 2.63. The first-order chi connectivity index (χ1) is 7.18. The molecule has 0 aliphatic carbocycles. The molecule has 0 aromatic carbocycles. The molecule has 0 aliphatic rings. The summed E-state index contributed by atoms with van der Waals surface area (Å²) in [7, 11) is 0. The van der Waals surface area contributed by atoms with E-state index in [-0.39, 0.29) is 0 Å². The average Bonchev–Trinajstić information content (AvgIpc) is 2.76. The highest BCUT2D eigenvalue weighted by Crippen LogP contribution is 2.14.